The third kappa shape index (κ3) is 2.75. The van der Waals surface area contributed by atoms with E-state index in [1.165, 1.54) is 12.2 Å². The minimum absolute atomic E-state index is 0.144. The molecule has 0 heterocycles. The minimum atomic E-state index is -1.13. The fourth-order valence-electron chi connectivity index (χ4n) is 2.32. The van der Waals surface area contributed by atoms with E-state index in [9.17, 15) is 14.7 Å². The number of allylic oxidation sites excluding steroid dienone is 2. The van der Waals surface area contributed by atoms with Crippen molar-refractivity contribution < 1.29 is 19.8 Å². The number of rotatable bonds is 6. The summed E-state index contributed by atoms with van der Waals surface area (Å²) in [6, 6.07) is 0. The second-order valence-corrected chi connectivity index (χ2v) is 4.88. The van der Waals surface area contributed by atoms with Gasteiger partial charge in [0.05, 0.1) is 5.41 Å². The Morgan fingerprint density at radius 1 is 1.39 bits per heavy atom. The van der Waals surface area contributed by atoms with E-state index in [-0.39, 0.29) is 5.57 Å². The Balaban J connectivity index is 2.99. The van der Waals surface area contributed by atoms with Gasteiger partial charge in [-0.2, -0.15) is 0 Å². The normalized spacial score (nSPS) is 26.8. The predicted molar refractivity (Wildman–Crippen MR) is 68.7 cm³/mol. The van der Waals surface area contributed by atoms with Crippen LogP contribution in [0.1, 0.15) is 26.2 Å². The van der Waals surface area contributed by atoms with Crippen molar-refractivity contribution >= 4 is 23.5 Å². The van der Waals surface area contributed by atoms with Crippen molar-refractivity contribution in [2.45, 2.75) is 26.2 Å². The average Bonchev–Trinajstić information content (AvgIpc) is 2.31. The van der Waals surface area contributed by atoms with Crippen LogP contribution in [0.15, 0.2) is 23.8 Å². The van der Waals surface area contributed by atoms with E-state index in [0.717, 1.165) is 6.42 Å². The summed E-state index contributed by atoms with van der Waals surface area (Å²) in [7, 11) is 0. The third-order valence-electron chi connectivity index (χ3n) is 3.53. The number of carboxylic acids is 2. The number of hydrogen-bond donors (Lipinski definition) is 2. The Morgan fingerprint density at radius 3 is 2.56 bits per heavy atom. The molecule has 1 aliphatic carbocycles. The number of carbonyl (C=O) groups is 2. The zero-order valence-corrected chi connectivity index (χ0v) is 11.0. The number of aliphatic carboxylic acids is 2. The molecule has 0 spiro atoms. The van der Waals surface area contributed by atoms with Crippen LogP contribution in [0.25, 0.3) is 0 Å². The molecular weight excluding hydrogens is 256 g/mol. The van der Waals surface area contributed by atoms with E-state index >= 15 is 0 Å². The van der Waals surface area contributed by atoms with Crippen molar-refractivity contribution in [3.8, 4) is 0 Å². The molecule has 0 aromatic carbocycles. The first-order valence-electron chi connectivity index (χ1n) is 5.87. The first kappa shape index (κ1) is 14.8. The lowest BCUT2D eigenvalue weighted by Crippen LogP contribution is -2.39. The molecule has 0 aromatic rings. The summed E-state index contributed by atoms with van der Waals surface area (Å²) in [5.41, 5.74) is -0.986. The van der Waals surface area contributed by atoms with Gasteiger partial charge in [0.1, 0.15) is 0 Å². The standard InChI is InChI=1S/C13H17ClO4/c1-9-10(11(15)16)5-4-7-13(9,12(17)18)6-2-3-8-14/h4-5,7,9H,2-3,6,8H2,1H3,(H,15,16)(H,17,18). The first-order valence-corrected chi connectivity index (χ1v) is 6.41. The Labute approximate surface area is 111 Å². The summed E-state index contributed by atoms with van der Waals surface area (Å²) in [5, 5.41) is 18.5. The van der Waals surface area contributed by atoms with Crippen LogP contribution in [0.2, 0.25) is 0 Å². The van der Waals surface area contributed by atoms with E-state index in [4.69, 9.17) is 16.7 Å². The lowest BCUT2D eigenvalue weighted by molar-refractivity contribution is -0.149. The second kappa shape index (κ2) is 6.05. The van der Waals surface area contributed by atoms with Gasteiger partial charge >= 0.3 is 11.9 Å². The van der Waals surface area contributed by atoms with Gasteiger partial charge in [0.25, 0.3) is 0 Å². The van der Waals surface area contributed by atoms with E-state index in [1.807, 2.05) is 0 Å². The van der Waals surface area contributed by atoms with Gasteiger partial charge in [0, 0.05) is 17.4 Å². The maximum absolute atomic E-state index is 11.5. The van der Waals surface area contributed by atoms with Crippen LogP contribution in [-0.2, 0) is 9.59 Å². The molecule has 0 radical (unpaired) electrons. The summed E-state index contributed by atoms with van der Waals surface area (Å²) in [6.45, 7) is 1.65. The number of halogens is 1. The van der Waals surface area contributed by atoms with Crippen molar-refractivity contribution in [1.82, 2.24) is 0 Å². The van der Waals surface area contributed by atoms with Crippen LogP contribution in [-0.4, -0.2) is 28.0 Å². The van der Waals surface area contributed by atoms with Crippen molar-refractivity contribution in [1.29, 1.82) is 0 Å². The molecule has 5 heteroatoms. The monoisotopic (exact) mass is 272 g/mol. The van der Waals surface area contributed by atoms with Crippen molar-refractivity contribution in [3.05, 3.63) is 23.8 Å². The van der Waals surface area contributed by atoms with Gasteiger partial charge in [-0.3, -0.25) is 4.79 Å². The van der Waals surface area contributed by atoms with Crippen molar-refractivity contribution in [2.75, 3.05) is 5.88 Å². The molecule has 0 aliphatic heterocycles. The fraction of sp³-hybridized carbons (Fsp3) is 0.538. The van der Waals surface area contributed by atoms with Gasteiger partial charge in [-0.1, -0.05) is 31.6 Å². The minimum Gasteiger partial charge on any atom is -0.481 e. The predicted octanol–water partition coefficient (Wildman–Crippen LogP) is 2.68. The molecule has 1 rings (SSSR count). The summed E-state index contributed by atoms with van der Waals surface area (Å²) in [5.74, 6) is -2.11. The Kier molecular flexibility index (Phi) is 4.96. The highest BCUT2D eigenvalue weighted by molar-refractivity contribution is 6.17. The van der Waals surface area contributed by atoms with Crippen LogP contribution in [0.4, 0.5) is 0 Å². The van der Waals surface area contributed by atoms with E-state index in [0.29, 0.717) is 18.7 Å². The van der Waals surface area contributed by atoms with Crippen LogP contribution < -0.4 is 0 Å². The highest BCUT2D eigenvalue weighted by atomic mass is 35.5. The van der Waals surface area contributed by atoms with Gasteiger partial charge in [0.15, 0.2) is 0 Å². The van der Waals surface area contributed by atoms with Gasteiger partial charge in [-0.25, -0.2) is 4.79 Å². The summed E-state index contributed by atoms with van der Waals surface area (Å²) in [4.78, 5) is 22.6. The van der Waals surface area contributed by atoms with Gasteiger partial charge in [-0.05, 0) is 12.8 Å². The molecule has 0 fully saturated rings. The molecule has 18 heavy (non-hydrogen) atoms. The summed E-state index contributed by atoms with van der Waals surface area (Å²) in [6.07, 6.45) is 6.38. The molecule has 1 aliphatic rings. The molecule has 0 saturated heterocycles. The lowest BCUT2D eigenvalue weighted by atomic mass is 9.67. The lowest BCUT2D eigenvalue weighted by Gasteiger charge is -2.35. The molecule has 0 amide bonds. The highest BCUT2D eigenvalue weighted by Gasteiger charge is 2.45. The quantitative estimate of drug-likeness (QED) is 0.576. The van der Waals surface area contributed by atoms with E-state index in [2.05, 4.69) is 0 Å². The average molecular weight is 273 g/mol. The molecule has 0 saturated carbocycles. The SMILES string of the molecule is CC1C(C(=O)O)=CC=CC1(CCCCCl)C(=O)O. The zero-order chi connectivity index (χ0) is 13.8. The molecule has 4 nitrogen and oxygen atoms in total. The highest BCUT2D eigenvalue weighted by Crippen LogP contribution is 2.42. The summed E-state index contributed by atoms with van der Waals surface area (Å²) < 4.78 is 0. The third-order valence-corrected chi connectivity index (χ3v) is 3.80. The topological polar surface area (TPSA) is 74.6 Å². The maximum Gasteiger partial charge on any atom is 0.331 e. The zero-order valence-electron chi connectivity index (χ0n) is 10.2. The molecule has 2 atom stereocenters. The largest absolute Gasteiger partial charge is 0.481 e. The second-order valence-electron chi connectivity index (χ2n) is 4.50. The van der Waals surface area contributed by atoms with Crippen LogP contribution >= 0.6 is 11.6 Å². The van der Waals surface area contributed by atoms with Crippen molar-refractivity contribution in [3.63, 3.8) is 0 Å². The Bertz CT molecular complexity index is 400. The number of carboxylic acid groups (broad SMARTS) is 2. The maximum atomic E-state index is 11.5. The summed E-state index contributed by atoms with van der Waals surface area (Å²) >= 11 is 5.59. The van der Waals surface area contributed by atoms with Crippen LogP contribution in [0, 0.1) is 11.3 Å². The first-order chi connectivity index (χ1) is 8.45. The fourth-order valence-corrected chi connectivity index (χ4v) is 2.51. The van der Waals surface area contributed by atoms with Crippen LogP contribution in [0.3, 0.4) is 0 Å². The van der Waals surface area contributed by atoms with E-state index in [1.54, 1.807) is 13.0 Å². The smallest absolute Gasteiger partial charge is 0.331 e. The molecule has 2 N–H and O–H groups in total. The van der Waals surface area contributed by atoms with Crippen LogP contribution in [0.5, 0.6) is 0 Å². The molecule has 0 aromatic heterocycles. The number of hydrogen-bond acceptors (Lipinski definition) is 2. The number of unbranched alkanes of at least 4 members (excludes halogenated alkanes) is 1. The Morgan fingerprint density at radius 2 is 2.06 bits per heavy atom. The van der Waals surface area contributed by atoms with Gasteiger partial charge in [-0.15, -0.1) is 11.6 Å². The van der Waals surface area contributed by atoms with E-state index < -0.39 is 23.3 Å². The van der Waals surface area contributed by atoms with Crippen molar-refractivity contribution in [2.24, 2.45) is 11.3 Å². The molecule has 0 bridgehead atoms. The molecule has 2 unspecified atom stereocenters. The number of alkyl halides is 1. The molecular formula is C13H17ClO4. The molecule has 100 valence electrons. The van der Waals surface area contributed by atoms with Gasteiger partial charge < -0.3 is 10.2 Å². The Hall–Kier alpha value is -1.29. The van der Waals surface area contributed by atoms with Gasteiger partial charge in [0.2, 0.25) is 0 Å².